The minimum atomic E-state index is -0.480. The highest BCUT2D eigenvalue weighted by atomic mass is 16.5. The zero-order chi connectivity index (χ0) is 21.1. The number of anilines is 1. The van der Waals surface area contributed by atoms with Crippen LogP contribution < -0.4 is 10.1 Å². The van der Waals surface area contributed by atoms with Gasteiger partial charge in [0.1, 0.15) is 12.4 Å². The van der Waals surface area contributed by atoms with Gasteiger partial charge in [-0.1, -0.05) is 12.0 Å². The summed E-state index contributed by atoms with van der Waals surface area (Å²) in [5.74, 6) is 2.46. The maximum atomic E-state index is 12.8. The van der Waals surface area contributed by atoms with Crippen LogP contribution in [-0.4, -0.2) is 33.2 Å². The Labute approximate surface area is 172 Å². The molecule has 0 unspecified atom stereocenters. The zero-order valence-corrected chi connectivity index (χ0v) is 16.0. The lowest BCUT2D eigenvalue weighted by molar-refractivity contribution is 0.101. The first-order valence-electron chi connectivity index (χ1n) is 9.10. The van der Waals surface area contributed by atoms with Gasteiger partial charge in [-0.15, -0.1) is 6.42 Å². The summed E-state index contributed by atoms with van der Waals surface area (Å²) >= 11 is 0. The SMILES string of the molecule is C#CCOc1ccc2nc(C(=O)Nc3ccc(C(C)=O)c4cccnc34)ncc2c1. The van der Waals surface area contributed by atoms with E-state index in [1.165, 1.54) is 6.92 Å². The fraction of sp³-hybridized carbons (Fsp3) is 0.0870. The molecule has 0 radical (unpaired) electrons. The van der Waals surface area contributed by atoms with Crippen LogP contribution in [0.5, 0.6) is 5.75 Å². The standard InChI is InChI=1S/C23H16N4O3/c1-3-11-30-16-6-8-19-15(12-16)13-25-22(26-19)23(29)27-20-9-7-17(14(2)28)18-5-4-10-24-21(18)20/h1,4-10,12-13H,11H2,2H3,(H,27,29). The summed E-state index contributed by atoms with van der Waals surface area (Å²) in [4.78, 5) is 37.4. The number of hydrogen-bond donors (Lipinski definition) is 1. The molecule has 0 saturated carbocycles. The summed E-state index contributed by atoms with van der Waals surface area (Å²) in [6, 6.07) is 12.1. The summed E-state index contributed by atoms with van der Waals surface area (Å²) in [5, 5.41) is 4.18. The van der Waals surface area contributed by atoms with Crippen molar-refractivity contribution < 1.29 is 14.3 Å². The van der Waals surface area contributed by atoms with Crippen molar-refractivity contribution >= 4 is 39.2 Å². The number of rotatable bonds is 5. The molecule has 7 heteroatoms. The Hall–Kier alpha value is -4.31. The first kappa shape index (κ1) is 19.0. The van der Waals surface area contributed by atoms with Gasteiger partial charge in [-0.05, 0) is 43.3 Å². The van der Waals surface area contributed by atoms with Crippen molar-refractivity contribution in [2.45, 2.75) is 6.92 Å². The number of terminal acetylenes is 1. The van der Waals surface area contributed by atoms with Gasteiger partial charge in [-0.2, -0.15) is 0 Å². The van der Waals surface area contributed by atoms with Crippen LogP contribution in [-0.2, 0) is 0 Å². The molecular formula is C23H16N4O3. The molecule has 0 saturated heterocycles. The van der Waals surface area contributed by atoms with Crippen LogP contribution in [0.1, 0.15) is 27.9 Å². The highest BCUT2D eigenvalue weighted by Gasteiger charge is 2.15. The van der Waals surface area contributed by atoms with Gasteiger partial charge < -0.3 is 10.1 Å². The predicted molar refractivity (Wildman–Crippen MR) is 114 cm³/mol. The maximum absolute atomic E-state index is 12.8. The van der Waals surface area contributed by atoms with Gasteiger partial charge in [0.05, 0.1) is 16.7 Å². The topological polar surface area (TPSA) is 94.1 Å². The summed E-state index contributed by atoms with van der Waals surface area (Å²) in [6.45, 7) is 1.66. The lowest BCUT2D eigenvalue weighted by Crippen LogP contribution is -2.16. The molecule has 4 aromatic rings. The van der Waals surface area contributed by atoms with E-state index in [-0.39, 0.29) is 18.2 Å². The fourth-order valence-electron chi connectivity index (χ4n) is 3.09. The third kappa shape index (κ3) is 3.66. The second-order valence-corrected chi connectivity index (χ2v) is 6.48. The van der Waals surface area contributed by atoms with Crippen LogP contribution in [0.2, 0.25) is 0 Å². The Balaban J connectivity index is 1.64. The zero-order valence-electron chi connectivity index (χ0n) is 16.0. The largest absolute Gasteiger partial charge is 0.481 e. The molecule has 146 valence electrons. The molecule has 30 heavy (non-hydrogen) atoms. The maximum Gasteiger partial charge on any atom is 0.293 e. The molecule has 7 nitrogen and oxygen atoms in total. The van der Waals surface area contributed by atoms with Crippen LogP contribution in [0, 0.1) is 12.3 Å². The third-order valence-corrected chi connectivity index (χ3v) is 4.47. The molecule has 1 amide bonds. The van der Waals surface area contributed by atoms with E-state index in [1.807, 2.05) is 0 Å². The smallest absolute Gasteiger partial charge is 0.293 e. The van der Waals surface area contributed by atoms with Gasteiger partial charge in [-0.25, -0.2) is 9.97 Å². The minimum Gasteiger partial charge on any atom is -0.481 e. The molecule has 0 aliphatic rings. The number of Topliss-reactive ketones (excluding diaryl/α,β-unsaturated/α-hetero) is 1. The molecule has 1 N–H and O–H groups in total. The van der Waals surface area contributed by atoms with Crippen molar-refractivity contribution in [3.8, 4) is 18.1 Å². The molecule has 4 rings (SSSR count). The number of nitrogens with zero attached hydrogens (tertiary/aromatic N) is 3. The number of amides is 1. The number of pyridine rings is 1. The molecule has 2 aromatic carbocycles. The number of hydrogen-bond acceptors (Lipinski definition) is 6. The first-order chi connectivity index (χ1) is 14.6. The van der Waals surface area contributed by atoms with Crippen molar-refractivity contribution in [2.24, 2.45) is 0 Å². The minimum absolute atomic E-state index is 0.0134. The second kappa shape index (κ2) is 7.97. The fourth-order valence-corrected chi connectivity index (χ4v) is 3.09. The number of benzene rings is 2. The lowest BCUT2D eigenvalue weighted by Gasteiger charge is -2.10. The van der Waals surface area contributed by atoms with Crippen LogP contribution in [0.25, 0.3) is 21.8 Å². The van der Waals surface area contributed by atoms with E-state index in [4.69, 9.17) is 11.2 Å². The number of ketones is 1. The predicted octanol–water partition coefficient (Wildman–Crippen LogP) is 3.64. The van der Waals surface area contributed by atoms with E-state index in [2.05, 4.69) is 26.2 Å². The van der Waals surface area contributed by atoms with Crippen LogP contribution in [0.4, 0.5) is 5.69 Å². The average molecular weight is 396 g/mol. The van der Waals surface area contributed by atoms with Crippen LogP contribution in [0.3, 0.4) is 0 Å². The molecule has 0 bridgehead atoms. The van der Waals surface area contributed by atoms with E-state index < -0.39 is 5.91 Å². The quantitative estimate of drug-likeness (QED) is 0.409. The van der Waals surface area contributed by atoms with Gasteiger partial charge in [-0.3, -0.25) is 14.6 Å². The van der Waals surface area contributed by atoms with Crippen LogP contribution >= 0.6 is 0 Å². The number of nitrogens with one attached hydrogen (secondary N) is 1. The van der Waals surface area contributed by atoms with Gasteiger partial charge in [0.2, 0.25) is 5.82 Å². The Bertz CT molecular complexity index is 1340. The second-order valence-electron chi connectivity index (χ2n) is 6.48. The number of fused-ring (bicyclic) bond motifs is 2. The van der Waals surface area contributed by atoms with Gasteiger partial charge in [0.25, 0.3) is 5.91 Å². The Morgan fingerprint density at radius 2 is 2.03 bits per heavy atom. The molecule has 2 heterocycles. The van der Waals surface area contributed by atoms with E-state index in [0.29, 0.717) is 33.4 Å². The van der Waals surface area contributed by atoms with E-state index in [0.717, 1.165) is 5.39 Å². The van der Waals surface area contributed by atoms with E-state index in [1.54, 1.807) is 54.9 Å². The average Bonchev–Trinajstić information content (AvgIpc) is 2.77. The van der Waals surface area contributed by atoms with Crippen molar-refractivity contribution in [1.82, 2.24) is 15.0 Å². The number of carbonyl (C=O) groups excluding carboxylic acids is 2. The Kier molecular flexibility index (Phi) is 5.06. The summed E-state index contributed by atoms with van der Waals surface area (Å²) in [5.41, 5.74) is 2.14. The Morgan fingerprint density at radius 1 is 1.17 bits per heavy atom. The number of ether oxygens (including phenoxy) is 1. The highest BCUT2D eigenvalue weighted by molar-refractivity contribution is 6.12. The van der Waals surface area contributed by atoms with Crippen molar-refractivity contribution in [3.05, 3.63) is 66.2 Å². The van der Waals surface area contributed by atoms with Crippen molar-refractivity contribution in [3.63, 3.8) is 0 Å². The molecule has 0 aliphatic heterocycles. The summed E-state index contributed by atoms with van der Waals surface area (Å²) in [7, 11) is 0. The first-order valence-corrected chi connectivity index (χ1v) is 9.10. The van der Waals surface area contributed by atoms with E-state index >= 15 is 0 Å². The lowest BCUT2D eigenvalue weighted by atomic mass is 10.0. The van der Waals surface area contributed by atoms with Crippen molar-refractivity contribution in [2.75, 3.05) is 11.9 Å². The summed E-state index contributed by atoms with van der Waals surface area (Å²) < 4.78 is 5.39. The Morgan fingerprint density at radius 3 is 2.83 bits per heavy atom. The van der Waals surface area contributed by atoms with E-state index in [9.17, 15) is 9.59 Å². The molecular weight excluding hydrogens is 380 g/mol. The molecule has 0 aliphatic carbocycles. The molecule has 0 spiro atoms. The van der Waals surface area contributed by atoms with Gasteiger partial charge in [0, 0.05) is 28.7 Å². The molecule has 0 atom stereocenters. The number of carbonyl (C=O) groups is 2. The third-order valence-electron chi connectivity index (χ3n) is 4.47. The number of aromatic nitrogens is 3. The van der Waals surface area contributed by atoms with Crippen LogP contribution in [0.15, 0.2) is 54.9 Å². The molecule has 2 aromatic heterocycles. The molecule has 0 fully saturated rings. The van der Waals surface area contributed by atoms with Gasteiger partial charge >= 0.3 is 0 Å². The normalized spacial score (nSPS) is 10.5. The van der Waals surface area contributed by atoms with Gasteiger partial charge in [0.15, 0.2) is 5.78 Å². The summed E-state index contributed by atoms with van der Waals surface area (Å²) in [6.07, 6.45) is 8.35. The van der Waals surface area contributed by atoms with Crippen molar-refractivity contribution in [1.29, 1.82) is 0 Å². The highest BCUT2D eigenvalue weighted by Crippen LogP contribution is 2.26. The monoisotopic (exact) mass is 396 g/mol.